The van der Waals surface area contributed by atoms with Gasteiger partial charge in [0.05, 0.1) is 0 Å². The first-order valence-electron chi connectivity index (χ1n) is 7.39. The number of aromatic amines is 1. The van der Waals surface area contributed by atoms with Gasteiger partial charge < -0.3 is 15.1 Å². The normalized spacial score (nSPS) is 13.3. The van der Waals surface area contributed by atoms with Crippen molar-refractivity contribution in [3.8, 4) is 11.1 Å². The average Bonchev–Trinajstić information content (AvgIpc) is 3.32. The van der Waals surface area contributed by atoms with Crippen LogP contribution in [0.1, 0.15) is 12.8 Å². The number of anilines is 1. The maximum Gasteiger partial charge on any atom is 0.248 e. The number of carbonyl (C=O) groups is 1. The van der Waals surface area contributed by atoms with Crippen LogP contribution in [0.3, 0.4) is 0 Å². The van der Waals surface area contributed by atoms with Gasteiger partial charge in [-0.25, -0.2) is 4.52 Å². The van der Waals surface area contributed by atoms with Crippen molar-refractivity contribution >= 4 is 17.9 Å². The Morgan fingerprint density at radius 3 is 2.83 bits per heavy atom. The number of nitrogens with zero attached hydrogens (tertiary/aromatic N) is 3. The second kappa shape index (κ2) is 6.43. The molecule has 0 amide bonds. The molecule has 23 heavy (non-hydrogen) atoms. The van der Waals surface area contributed by atoms with E-state index < -0.39 is 0 Å². The van der Waals surface area contributed by atoms with Crippen molar-refractivity contribution in [3.63, 3.8) is 0 Å². The lowest BCUT2D eigenvalue weighted by molar-refractivity contribution is -0.108. The molecule has 3 aromatic heterocycles. The van der Waals surface area contributed by atoms with Gasteiger partial charge in [0.1, 0.15) is 6.29 Å². The maximum absolute atomic E-state index is 11.4. The van der Waals surface area contributed by atoms with Crippen LogP contribution in [0, 0.1) is 5.92 Å². The van der Waals surface area contributed by atoms with Gasteiger partial charge in [-0.2, -0.15) is 4.98 Å². The van der Waals surface area contributed by atoms with Crippen molar-refractivity contribution in [2.45, 2.75) is 12.8 Å². The summed E-state index contributed by atoms with van der Waals surface area (Å²) in [5.41, 5.74) is 2.27. The summed E-state index contributed by atoms with van der Waals surface area (Å²) in [7, 11) is 1.77. The molecular weight excluding hydrogens is 294 g/mol. The number of carbonyl (C=O) groups excluding carboxylic acids is 1. The Bertz CT molecular complexity index is 879. The second-order valence-electron chi connectivity index (χ2n) is 5.29. The van der Waals surface area contributed by atoms with Gasteiger partial charge in [0, 0.05) is 37.0 Å². The van der Waals surface area contributed by atoms with Gasteiger partial charge in [0.2, 0.25) is 11.5 Å². The van der Waals surface area contributed by atoms with E-state index in [9.17, 15) is 9.59 Å². The number of aldehydes is 1. The Morgan fingerprint density at radius 1 is 1.39 bits per heavy atom. The fourth-order valence-corrected chi connectivity index (χ4v) is 2.08. The second-order valence-corrected chi connectivity index (χ2v) is 5.29. The molecule has 0 atom stereocenters. The molecular formula is C16H17N5O2. The lowest BCUT2D eigenvalue weighted by Crippen LogP contribution is -2.02. The molecule has 7 heteroatoms. The van der Waals surface area contributed by atoms with Crippen LogP contribution in [0.25, 0.3) is 16.8 Å². The standard InChI is InChI=1S/C12H11N5O.C4H6O/c1-13-12-15-11-9(3-2-6-17(11)16-12)8-4-5-14-10(18)7-8;5-3-4-1-2-4/h2-7H,1H3,(H,13,16)(H,14,18);3-4H,1-2H2. The van der Waals surface area contributed by atoms with Crippen LogP contribution in [0.15, 0.2) is 41.5 Å². The van der Waals surface area contributed by atoms with E-state index >= 15 is 0 Å². The molecule has 1 fully saturated rings. The van der Waals surface area contributed by atoms with E-state index in [1.54, 1.807) is 23.8 Å². The minimum atomic E-state index is -0.136. The Kier molecular flexibility index (Phi) is 4.18. The lowest BCUT2D eigenvalue weighted by Gasteiger charge is -2.01. The summed E-state index contributed by atoms with van der Waals surface area (Å²) >= 11 is 0. The largest absolute Gasteiger partial charge is 0.356 e. The van der Waals surface area contributed by atoms with Crippen molar-refractivity contribution in [1.82, 2.24) is 19.6 Å². The molecule has 2 N–H and O–H groups in total. The van der Waals surface area contributed by atoms with Crippen molar-refractivity contribution in [2.24, 2.45) is 5.92 Å². The number of aromatic nitrogens is 4. The van der Waals surface area contributed by atoms with Crippen LogP contribution in [0.2, 0.25) is 0 Å². The average molecular weight is 311 g/mol. The molecule has 4 rings (SSSR count). The smallest absolute Gasteiger partial charge is 0.248 e. The SMILES string of the molecule is CNc1nc2c(-c3cc[nH]c(=O)c3)cccn2n1.O=CC1CC1. The van der Waals surface area contributed by atoms with Gasteiger partial charge in [0.25, 0.3) is 0 Å². The molecule has 1 aliphatic rings. The molecule has 1 saturated carbocycles. The fourth-order valence-electron chi connectivity index (χ4n) is 2.08. The van der Waals surface area contributed by atoms with Crippen LogP contribution < -0.4 is 10.9 Å². The predicted molar refractivity (Wildman–Crippen MR) is 87.4 cm³/mol. The van der Waals surface area contributed by atoms with E-state index in [1.807, 2.05) is 24.4 Å². The van der Waals surface area contributed by atoms with Crippen LogP contribution >= 0.6 is 0 Å². The molecule has 0 aliphatic heterocycles. The first kappa shape index (κ1) is 15.0. The number of fused-ring (bicyclic) bond motifs is 1. The molecule has 0 aromatic carbocycles. The first-order valence-corrected chi connectivity index (χ1v) is 7.39. The van der Waals surface area contributed by atoms with E-state index in [-0.39, 0.29) is 5.56 Å². The molecule has 3 heterocycles. The minimum Gasteiger partial charge on any atom is -0.356 e. The zero-order valence-electron chi connectivity index (χ0n) is 12.7. The molecule has 0 radical (unpaired) electrons. The number of nitrogens with one attached hydrogen (secondary N) is 2. The summed E-state index contributed by atoms with van der Waals surface area (Å²) in [6.45, 7) is 0. The maximum atomic E-state index is 11.4. The van der Waals surface area contributed by atoms with Gasteiger partial charge in [-0.3, -0.25) is 4.79 Å². The molecule has 118 valence electrons. The molecule has 0 saturated heterocycles. The minimum absolute atomic E-state index is 0.136. The molecule has 1 aliphatic carbocycles. The van der Waals surface area contributed by atoms with Gasteiger partial charge in [-0.15, -0.1) is 5.10 Å². The topological polar surface area (TPSA) is 92.2 Å². The molecule has 0 spiro atoms. The Hall–Kier alpha value is -2.96. The number of hydrogen-bond acceptors (Lipinski definition) is 5. The van der Waals surface area contributed by atoms with Crippen LogP contribution in [0.5, 0.6) is 0 Å². The molecule has 0 unspecified atom stereocenters. The summed E-state index contributed by atoms with van der Waals surface area (Å²) in [4.78, 5) is 27.9. The van der Waals surface area contributed by atoms with Crippen molar-refractivity contribution < 1.29 is 4.79 Å². The van der Waals surface area contributed by atoms with E-state index in [0.717, 1.165) is 30.3 Å². The highest BCUT2D eigenvalue weighted by atomic mass is 16.1. The first-order chi connectivity index (χ1) is 11.2. The number of rotatable bonds is 3. The monoisotopic (exact) mass is 311 g/mol. The Balaban J connectivity index is 0.000000267. The van der Waals surface area contributed by atoms with Crippen molar-refractivity contribution in [3.05, 3.63) is 47.0 Å². The van der Waals surface area contributed by atoms with Gasteiger partial charge in [-0.05, 0) is 36.6 Å². The zero-order valence-corrected chi connectivity index (χ0v) is 12.7. The van der Waals surface area contributed by atoms with Gasteiger partial charge >= 0.3 is 0 Å². The molecule has 7 nitrogen and oxygen atoms in total. The summed E-state index contributed by atoms with van der Waals surface area (Å²) < 4.78 is 1.68. The quantitative estimate of drug-likeness (QED) is 0.719. The highest BCUT2D eigenvalue weighted by Crippen LogP contribution is 2.25. The zero-order chi connectivity index (χ0) is 16.2. The number of pyridine rings is 2. The van der Waals surface area contributed by atoms with Crippen LogP contribution in [0.4, 0.5) is 5.95 Å². The summed E-state index contributed by atoms with van der Waals surface area (Å²) in [6, 6.07) is 7.17. The summed E-state index contributed by atoms with van der Waals surface area (Å²) in [6.07, 6.45) is 6.75. The van der Waals surface area contributed by atoms with Gasteiger partial charge in [-0.1, -0.05) is 0 Å². The third-order valence-electron chi connectivity index (χ3n) is 3.49. The Labute approximate surface area is 132 Å². The van der Waals surface area contributed by atoms with Crippen LogP contribution in [-0.2, 0) is 4.79 Å². The number of hydrogen-bond donors (Lipinski definition) is 2. The molecule has 3 aromatic rings. The van der Waals surface area contributed by atoms with E-state index in [4.69, 9.17) is 0 Å². The fraction of sp³-hybridized carbons (Fsp3) is 0.250. The van der Waals surface area contributed by atoms with Gasteiger partial charge in [0.15, 0.2) is 5.65 Å². The summed E-state index contributed by atoms with van der Waals surface area (Å²) in [5.74, 6) is 1.00. The highest BCUT2D eigenvalue weighted by molar-refractivity contribution is 5.77. The van der Waals surface area contributed by atoms with E-state index in [2.05, 4.69) is 20.4 Å². The predicted octanol–water partition coefficient (Wildman–Crippen LogP) is 1.72. The summed E-state index contributed by atoms with van der Waals surface area (Å²) in [5, 5.41) is 7.14. The van der Waals surface area contributed by atoms with E-state index in [1.165, 1.54) is 0 Å². The third-order valence-corrected chi connectivity index (χ3v) is 3.49. The highest BCUT2D eigenvalue weighted by Gasteiger charge is 2.18. The van der Waals surface area contributed by atoms with E-state index in [0.29, 0.717) is 17.5 Å². The van der Waals surface area contributed by atoms with Crippen molar-refractivity contribution in [1.29, 1.82) is 0 Å². The number of H-pyrrole nitrogens is 1. The van der Waals surface area contributed by atoms with Crippen molar-refractivity contribution in [2.75, 3.05) is 12.4 Å². The lowest BCUT2D eigenvalue weighted by atomic mass is 10.1. The molecule has 0 bridgehead atoms. The third kappa shape index (κ3) is 3.45. The Morgan fingerprint density at radius 2 is 2.22 bits per heavy atom. The van der Waals surface area contributed by atoms with Crippen LogP contribution in [-0.4, -0.2) is 32.9 Å².